The summed E-state index contributed by atoms with van der Waals surface area (Å²) in [5.41, 5.74) is 14.8. The smallest absolute Gasteiger partial charge is 0.00203 e. The van der Waals surface area contributed by atoms with Gasteiger partial charge in [0.15, 0.2) is 0 Å². The van der Waals surface area contributed by atoms with E-state index in [1.54, 1.807) is 0 Å². The first-order valence-electron chi connectivity index (χ1n) is 21.6. The zero-order valence-corrected chi connectivity index (χ0v) is 33.9. The maximum absolute atomic E-state index is 2.36. The van der Waals surface area contributed by atoms with Crippen LogP contribution in [0.25, 0.3) is 131 Å². The van der Waals surface area contributed by atoms with Gasteiger partial charge in [0.2, 0.25) is 0 Å². The molecule has 0 nitrogen and oxygen atoms in total. The highest BCUT2D eigenvalue weighted by Gasteiger charge is 2.17. The van der Waals surface area contributed by atoms with Gasteiger partial charge in [0.05, 0.1) is 0 Å². The number of hydrogen-bond donors (Lipinski definition) is 0. The Hall–Kier alpha value is -8.06. The van der Waals surface area contributed by atoms with Gasteiger partial charge in [-0.25, -0.2) is 0 Å². The lowest BCUT2D eigenvalue weighted by molar-refractivity contribution is 1.58. The van der Waals surface area contributed by atoms with E-state index >= 15 is 0 Å². The summed E-state index contributed by atoms with van der Waals surface area (Å²) in [7, 11) is 0. The molecule has 0 atom stereocenters. The van der Waals surface area contributed by atoms with Gasteiger partial charge in [0.25, 0.3) is 0 Å². The maximum Gasteiger partial charge on any atom is -0.00203 e. The minimum absolute atomic E-state index is 1.21. The summed E-state index contributed by atoms with van der Waals surface area (Å²) in [5, 5.41) is 15.7. The summed E-state index contributed by atoms with van der Waals surface area (Å²) in [6.45, 7) is 0. The lowest BCUT2D eigenvalue weighted by atomic mass is 9.86. The molecule has 62 heavy (non-hydrogen) atoms. The standard InChI is InChI=1S/C62H38/c1-2-7-39(8-3-1)40-19-21-43(22-20-40)53-31-25-47-30-36-58-55(33-27-48-29-35-56(53)61(47)62(48)58)52-14-6-12-50(38-52)42-17-15-41(16-18-42)49-11-5-13-51(37-49)54-32-26-46-24-23-44-9-4-10-45-28-34-57(54)60(46)59(44)45/h1-38H. The SMILES string of the molecule is c1ccc(-c2ccc(-c3ccc4ccc5c(-c6cccc(-c7ccc(-c8cccc(-c9ccc%10ccc%11cccc%12ccc9c%10c%11%12)c8)cc7)c6)ccc6ccc3c4c65)cc2)cc1. The van der Waals surface area contributed by atoms with Gasteiger partial charge in [-0.1, -0.05) is 218 Å². The molecular weight excluding hydrogens is 745 g/mol. The summed E-state index contributed by atoms with van der Waals surface area (Å²) < 4.78 is 0. The first-order chi connectivity index (χ1) is 30.7. The molecule has 0 aliphatic heterocycles. The molecule has 0 aliphatic rings. The Morgan fingerprint density at radius 3 is 0.952 bits per heavy atom. The predicted molar refractivity (Wildman–Crippen MR) is 266 cm³/mol. The Morgan fingerprint density at radius 1 is 0.161 bits per heavy atom. The van der Waals surface area contributed by atoms with E-state index < -0.39 is 0 Å². The molecular formula is C62H38. The molecule has 0 radical (unpaired) electrons. The Labute approximate surface area is 360 Å². The highest BCUT2D eigenvalue weighted by Crippen LogP contribution is 2.44. The second kappa shape index (κ2) is 13.7. The van der Waals surface area contributed by atoms with Crippen molar-refractivity contribution in [2.45, 2.75) is 0 Å². The van der Waals surface area contributed by atoms with E-state index in [4.69, 9.17) is 0 Å². The number of hydrogen-bond acceptors (Lipinski definition) is 0. The van der Waals surface area contributed by atoms with Crippen LogP contribution in [0.4, 0.5) is 0 Å². The third-order valence-corrected chi connectivity index (χ3v) is 13.4. The minimum Gasteiger partial charge on any atom is -0.0622 e. The third-order valence-electron chi connectivity index (χ3n) is 13.4. The highest BCUT2D eigenvalue weighted by atomic mass is 14.2. The first-order valence-corrected chi connectivity index (χ1v) is 21.6. The van der Waals surface area contributed by atoms with Crippen LogP contribution in [0, 0.1) is 0 Å². The Morgan fingerprint density at radius 2 is 0.468 bits per heavy atom. The number of benzene rings is 13. The van der Waals surface area contributed by atoms with Crippen LogP contribution >= 0.6 is 0 Å². The summed E-state index contributed by atoms with van der Waals surface area (Å²) >= 11 is 0. The van der Waals surface area contributed by atoms with Crippen LogP contribution in [0.3, 0.4) is 0 Å². The van der Waals surface area contributed by atoms with Gasteiger partial charge in [-0.05, 0) is 144 Å². The molecule has 0 unspecified atom stereocenters. The second-order valence-electron chi connectivity index (χ2n) is 16.8. The fourth-order valence-corrected chi connectivity index (χ4v) is 10.4. The van der Waals surface area contributed by atoms with Crippen LogP contribution in [0.15, 0.2) is 231 Å². The van der Waals surface area contributed by atoms with E-state index in [9.17, 15) is 0 Å². The molecule has 0 N–H and O–H groups in total. The van der Waals surface area contributed by atoms with Gasteiger partial charge in [-0.2, -0.15) is 0 Å². The van der Waals surface area contributed by atoms with Crippen molar-refractivity contribution < 1.29 is 0 Å². The third kappa shape index (κ3) is 5.47. The monoisotopic (exact) mass is 782 g/mol. The van der Waals surface area contributed by atoms with Crippen LogP contribution in [0.2, 0.25) is 0 Å². The molecule has 0 saturated carbocycles. The molecule has 0 heterocycles. The van der Waals surface area contributed by atoms with E-state index in [0.29, 0.717) is 0 Å². The van der Waals surface area contributed by atoms with Crippen molar-refractivity contribution in [2.24, 2.45) is 0 Å². The molecule has 0 saturated heterocycles. The molecule has 13 aromatic carbocycles. The number of rotatable bonds is 6. The minimum atomic E-state index is 1.21. The van der Waals surface area contributed by atoms with Crippen LogP contribution in [0.5, 0.6) is 0 Å². The quantitative estimate of drug-likeness (QED) is 0.147. The summed E-state index contributed by atoms with van der Waals surface area (Å²) in [6, 6.07) is 85.5. The average molecular weight is 783 g/mol. The van der Waals surface area contributed by atoms with Crippen molar-refractivity contribution in [1.82, 2.24) is 0 Å². The van der Waals surface area contributed by atoms with Crippen molar-refractivity contribution >= 4 is 64.6 Å². The topological polar surface area (TPSA) is 0 Å². The van der Waals surface area contributed by atoms with E-state index in [-0.39, 0.29) is 0 Å². The van der Waals surface area contributed by atoms with Gasteiger partial charge in [0.1, 0.15) is 0 Å². The van der Waals surface area contributed by atoms with E-state index in [1.807, 2.05) is 0 Å². The summed E-state index contributed by atoms with van der Waals surface area (Å²) in [4.78, 5) is 0. The molecule has 0 heteroatoms. The zero-order chi connectivity index (χ0) is 40.7. The molecule has 0 aliphatic carbocycles. The van der Waals surface area contributed by atoms with Crippen molar-refractivity contribution in [3.8, 4) is 66.8 Å². The first kappa shape index (κ1) is 34.8. The van der Waals surface area contributed by atoms with Gasteiger partial charge < -0.3 is 0 Å². The van der Waals surface area contributed by atoms with Gasteiger partial charge in [-0.15, -0.1) is 0 Å². The highest BCUT2D eigenvalue weighted by molar-refractivity contribution is 6.28. The Bertz CT molecular complexity index is 3800. The molecule has 0 bridgehead atoms. The second-order valence-corrected chi connectivity index (χ2v) is 16.8. The van der Waals surface area contributed by atoms with E-state index in [1.165, 1.54) is 131 Å². The summed E-state index contributed by atoms with van der Waals surface area (Å²) in [6.07, 6.45) is 0. The lowest BCUT2D eigenvalue weighted by Gasteiger charge is -2.17. The fourth-order valence-electron chi connectivity index (χ4n) is 10.4. The average Bonchev–Trinajstić information content (AvgIpc) is 3.35. The normalized spacial score (nSPS) is 11.9. The molecule has 0 spiro atoms. The van der Waals surface area contributed by atoms with Crippen LogP contribution < -0.4 is 0 Å². The van der Waals surface area contributed by atoms with Gasteiger partial charge in [-0.3, -0.25) is 0 Å². The zero-order valence-electron chi connectivity index (χ0n) is 33.9. The van der Waals surface area contributed by atoms with Crippen LogP contribution in [-0.4, -0.2) is 0 Å². The molecule has 286 valence electrons. The molecule has 13 aromatic rings. The Balaban J connectivity index is 0.839. The van der Waals surface area contributed by atoms with E-state index in [2.05, 4.69) is 231 Å². The van der Waals surface area contributed by atoms with Crippen LogP contribution in [0.1, 0.15) is 0 Å². The molecule has 0 fully saturated rings. The molecule has 0 aromatic heterocycles. The maximum atomic E-state index is 2.36. The van der Waals surface area contributed by atoms with Crippen molar-refractivity contribution in [1.29, 1.82) is 0 Å². The summed E-state index contributed by atoms with van der Waals surface area (Å²) in [5.74, 6) is 0. The van der Waals surface area contributed by atoms with E-state index in [0.717, 1.165) is 0 Å². The van der Waals surface area contributed by atoms with Crippen LogP contribution in [-0.2, 0) is 0 Å². The van der Waals surface area contributed by atoms with Gasteiger partial charge in [0, 0.05) is 0 Å². The Kier molecular flexibility index (Phi) is 7.71. The predicted octanol–water partition coefficient (Wildman–Crippen LogP) is 17.5. The fraction of sp³-hybridized carbons (Fsp3) is 0. The van der Waals surface area contributed by atoms with Crippen molar-refractivity contribution in [2.75, 3.05) is 0 Å². The lowest BCUT2D eigenvalue weighted by Crippen LogP contribution is -1.90. The van der Waals surface area contributed by atoms with Gasteiger partial charge >= 0.3 is 0 Å². The van der Waals surface area contributed by atoms with Crippen molar-refractivity contribution in [3.05, 3.63) is 231 Å². The largest absolute Gasteiger partial charge is 0.0622 e. The molecule has 13 rings (SSSR count). The molecule has 0 amide bonds. The van der Waals surface area contributed by atoms with Crippen molar-refractivity contribution in [3.63, 3.8) is 0 Å².